The van der Waals surface area contributed by atoms with Gasteiger partial charge >= 0.3 is 5.97 Å². The molecule has 4 rings (SSSR count). The average Bonchev–Trinajstić information content (AvgIpc) is 2.79. The summed E-state index contributed by atoms with van der Waals surface area (Å²) in [5.41, 5.74) is 8.73. The van der Waals surface area contributed by atoms with Gasteiger partial charge in [-0.15, -0.1) is 0 Å². The third-order valence-electron chi connectivity index (χ3n) is 5.55. The molecule has 0 amide bonds. The summed E-state index contributed by atoms with van der Waals surface area (Å²) in [5, 5.41) is 9.79. The predicted octanol–water partition coefficient (Wildman–Crippen LogP) is 5.30. The van der Waals surface area contributed by atoms with Crippen LogP contribution in [-0.2, 0) is 4.79 Å². The Balaban J connectivity index is 1.57. The number of nitrogens with two attached hydrogens (primary N) is 1. The Morgan fingerprint density at radius 1 is 1.15 bits per heavy atom. The van der Waals surface area contributed by atoms with Gasteiger partial charge in [-0.2, -0.15) is 5.26 Å². The third-order valence-corrected chi connectivity index (χ3v) is 5.88. The maximum atomic E-state index is 14.7. The predicted molar refractivity (Wildman–Crippen MR) is 124 cm³/mol. The van der Waals surface area contributed by atoms with Crippen LogP contribution in [0.3, 0.4) is 0 Å². The van der Waals surface area contributed by atoms with E-state index in [0.29, 0.717) is 11.3 Å². The van der Waals surface area contributed by atoms with Gasteiger partial charge in [0.15, 0.2) is 6.61 Å². The number of carbonyl (C=O) groups excluding carboxylic acids is 1. The number of carbonyl (C=O) groups is 1. The number of hydrogen-bond donors (Lipinski definition) is 1. The van der Waals surface area contributed by atoms with Gasteiger partial charge in [0.1, 0.15) is 34.7 Å². The molecule has 1 unspecified atom stereocenters. The molecule has 1 heterocycles. The van der Waals surface area contributed by atoms with Crippen molar-refractivity contribution in [3.05, 3.63) is 99.1 Å². The van der Waals surface area contributed by atoms with Crippen molar-refractivity contribution in [2.45, 2.75) is 19.8 Å². The lowest BCUT2D eigenvalue weighted by atomic mass is 9.83. The van der Waals surface area contributed by atoms with Crippen molar-refractivity contribution in [1.82, 2.24) is 0 Å². The molecule has 8 heteroatoms. The summed E-state index contributed by atoms with van der Waals surface area (Å²) in [5.74, 6) is -1.30. The highest BCUT2D eigenvalue weighted by Crippen LogP contribution is 2.46. The van der Waals surface area contributed by atoms with Gasteiger partial charge in [-0.05, 0) is 55.3 Å². The molecule has 2 N–H and O–H groups in total. The van der Waals surface area contributed by atoms with Crippen molar-refractivity contribution in [3.8, 4) is 23.3 Å². The van der Waals surface area contributed by atoms with Gasteiger partial charge in [-0.3, -0.25) is 0 Å². The first kappa shape index (κ1) is 23.1. The maximum Gasteiger partial charge on any atom is 0.349 e. The summed E-state index contributed by atoms with van der Waals surface area (Å²) in [6.45, 7) is 3.64. The molecular weight excluding hydrogens is 459 g/mol. The molecule has 1 aliphatic rings. The maximum absolute atomic E-state index is 14.7. The van der Waals surface area contributed by atoms with Crippen LogP contribution < -0.4 is 19.9 Å². The normalized spacial score (nSPS) is 14.6. The number of halogens is 2. The van der Waals surface area contributed by atoms with Gasteiger partial charge in [0.05, 0.1) is 5.92 Å². The van der Waals surface area contributed by atoms with Crippen LogP contribution >= 0.6 is 11.6 Å². The van der Waals surface area contributed by atoms with E-state index in [9.17, 15) is 14.4 Å². The SMILES string of the molecule is Cc1ccc(OCC(=O)Oc2ccc3c(c2)OC(N)=C(C#N)C3c2c(F)cccc2Cl)cc1C. The van der Waals surface area contributed by atoms with Gasteiger partial charge in [0, 0.05) is 22.2 Å². The Morgan fingerprint density at radius 3 is 2.62 bits per heavy atom. The van der Waals surface area contributed by atoms with E-state index >= 15 is 0 Å². The smallest absolute Gasteiger partial charge is 0.349 e. The van der Waals surface area contributed by atoms with Gasteiger partial charge in [0.25, 0.3) is 0 Å². The van der Waals surface area contributed by atoms with Crippen LogP contribution in [-0.4, -0.2) is 12.6 Å². The molecule has 1 atom stereocenters. The number of rotatable bonds is 5. The monoisotopic (exact) mass is 478 g/mol. The molecule has 172 valence electrons. The molecule has 0 radical (unpaired) electrons. The van der Waals surface area contributed by atoms with E-state index in [1.807, 2.05) is 32.0 Å². The molecule has 0 fully saturated rings. The largest absolute Gasteiger partial charge is 0.482 e. The topological polar surface area (TPSA) is 94.6 Å². The van der Waals surface area contributed by atoms with E-state index < -0.39 is 17.7 Å². The number of aryl methyl sites for hydroxylation is 2. The fourth-order valence-electron chi connectivity index (χ4n) is 3.69. The summed E-state index contributed by atoms with van der Waals surface area (Å²) >= 11 is 6.27. The van der Waals surface area contributed by atoms with Gasteiger partial charge in [-0.1, -0.05) is 29.8 Å². The second-order valence-corrected chi connectivity index (χ2v) is 8.18. The van der Waals surface area contributed by atoms with Crippen molar-refractivity contribution < 1.29 is 23.4 Å². The van der Waals surface area contributed by atoms with E-state index in [2.05, 4.69) is 0 Å². The number of esters is 1. The second kappa shape index (κ2) is 9.46. The number of fused-ring (bicyclic) bond motifs is 1. The Hall–Kier alpha value is -4.02. The van der Waals surface area contributed by atoms with E-state index in [-0.39, 0.29) is 40.1 Å². The van der Waals surface area contributed by atoms with Crippen molar-refractivity contribution in [2.24, 2.45) is 5.73 Å². The summed E-state index contributed by atoms with van der Waals surface area (Å²) in [7, 11) is 0. The number of allylic oxidation sites excluding steroid dienone is 1. The quantitative estimate of drug-likeness (QED) is 0.395. The van der Waals surface area contributed by atoms with Crippen molar-refractivity contribution in [1.29, 1.82) is 5.26 Å². The zero-order chi connectivity index (χ0) is 24.4. The molecule has 0 spiro atoms. The van der Waals surface area contributed by atoms with Crippen LogP contribution in [0.25, 0.3) is 0 Å². The van der Waals surface area contributed by atoms with E-state index in [0.717, 1.165) is 11.1 Å². The van der Waals surface area contributed by atoms with E-state index in [1.165, 1.54) is 30.3 Å². The molecule has 1 aliphatic heterocycles. The van der Waals surface area contributed by atoms with Gasteiger partial charge in [-0.25, -0.2) is 9.18 Å². The highest BCUT2D eigenvalue weighted by atomic mass is 35.5. The lowest BCUT2D eigenvalue weighted by molar-refractivity contribution is -0.136. The summed E-state index contributed by atoms with van der Waals surface area (Å²) in [6, 6.07) is 16.3. The number of hydrogen-bond acceptors (Lipinski definition) is 6. The summed E-state index contributed by atoms with van der Waals surface area (Å²) < 4.78 is 31.2. The number of benzene rings is 3. The Morgan fingerprint density at radius 2 is 1.91 bits per heavy atom. The molecule has 6 nitrogen and oxygen atoms in total. The fraction of sp³-hybridized carbons (Fsp3) is 0.154. The Bertz CT molecular complexity index is 1340. The minimum atomic E-state index is -0.875. The molecule has 3 aromatic rings. The lowest BCUT2D eigenvalue weighted by Crippen LogP contribution is -2.22. The first-order chi connectivity index (χ1) is 16.3. The highest BCUT2D eigenvalue weighted by molar-refractivity contribution is 6.31. The van der Waals surface area contributed by atoms with Gasteiger partial charge < -0.3 is 19.9 Å². The molecule has 0 saturated carbocycles. The zero-order valence-corrected chi connectivity index (χ0v) is 19.2. The average molecular weight is 479 g/mol. The molecule has 0 aromatic heterocycles. The standard InChI is InChI=1S/C26H20ClFN2O4/c1-14-6-7-16(10-15(14)2)32-13-23(31)33-17-8-9-18-22(11-17)34-26(30)19(12-29)24(18)25-20(27)4-3-5-21(25)28/h3-11,24H,13,30H2,1-2H3. The molecular formula is C26H20ClFN2O4. The molecule has 0 bridgehead atoms. The zero-order valence-electron chi connectivity index (χ0n) is 18.4. The van der Waals surface area contributed by atoms with Crippen LogP contribution in [0, 0.1) is 31.0 Å². The van der Waals surface area contributed by atoms with E-state index in [1.54, 1.807) is 12.1 Å². The van der Waals surface area contributed by atoms with Gasteiger partial charge in [0.2, 0.25) is 5.88 Å². The molecule has 0 aliphatic carbocycles. The molecule has 3 aromatic carbocycles. The van der Waals surface area contributed by atoms with Crippen LogP contribution in [0.4, 0.5) is 4.39 Å². The number of ether oxygens (including phenoxy) is 3. The van der Waals surface area contributed by atoms with Crippen LogP contribution in [0.15, 0.2) is 66.1 Å². The second-order valence-electron chi connectivity index (χ2n) is 7.77. The number of nitrogens with zero attached hydrogens (tertiary/aromatic N) is 1. The first-order valence-electron chi connectivity index (χ1n) is 10.3. The lowest BCUT2D eigenvalue weighted by Gasteiger charge is -2.27. The Kier molecular flexibility index (Phi) is 6.44. The van der Waals surface area contributed by atoms with Crippen molar-refractivity contribution in [3.63, 3.8) is 0 Å². The first-order valence-corrected chi connectivity index (χ1v) is 10.7. The summed E-state index contributed by atoms with van der Waals surface area (Å²) in [4.78, 5) is 12.3. The molecule has 34 heavy (non-hydrogen) atoms. The van der Waals surface area contributed by atoms with Crippen molar-refractivity contribution in [2.75, 3.05) is 6.61 Å². The van der Waals surface area contributed by atoms with Crippen molar-refractivity contribution >= 4 is 17.6 Å². The van der Waals surface area contributed by atoms with Crippen LogP contribution in [0.5, 0.6) is 17.2 Å². The number of nitriles is 1. The minimum absolute atomic E-state index is 0.0334. The highest BCUT2D eigenvalue weighted by Gasteiger charge is 2.34. The fourth-order valence-corrected chi connectivity index (χ4v) is 3.96. The third kappa shape index (κ3) is 4.54. The minimum Gasteiger partial charge on any atom is -0.482 e. The van der Waals surface area contributed by atoms with Crippen LogP contribution in [0.1, 0.15) is 28.2 Å². The molecule has 0 saturated heterocycles. The Labute approximate surface area is 200 Å². The van der Waals surface area contributed by atoms with Crippen LogP contribution in [0.2, 0.25) is 5.02 Å². The van der Waals surface area contributed by atoms with E-state index in [4.69, 9.17) is 31.5 Å². The summed E-state index contributed by atoms with van der Waals surface area (Å²) in [6.07, 6.45) is 0.